The molecule has 1 amide bonds. The Morgan fingerprint density at radius 3 is 2.80 bits per heavy atom. The Hall–Kier alpha value is -2.15. The number of aliphatic hydroxyl groups is 1. The fourth-order valence-corrected chi connectivity index (χ4v) is 2.26. The van der Waals surface area contributed by atoms with Crippen LogP contribution in [0.4, 0.5) is 5.69 Å². The summed E-state index contributed by atoms with van der Waals surface area (Å²) in [6.45, 7) is 0.446. The molecule has 0 heterocycles. The summed E-state index contributed by atoms with van der Waals surface area (Å²) in [5.74, 6) is -0.186. The summed E-state index contributed by atoms with van der Waals surface area (Å²) in [6.07, 6.45) is 1.07. The molecule has 20 heavy (non-hydrogen) atoms. The van der Waals surface area contributed by atoms with Crippen molar-refractivity contribution in [3.63, 3.8) is 0 Å². The zero-order valence-electron chi connectivity index (χ0n) is 11.0. The van der Waals surface area contributed by atoms with Crippen molar-refractivity contribution in [2.24, 2.45) is 5.92 Å². The standard InChI is InChI=1S/C13H16N2O5/c1-20-12-10(3-2-4-11(12)15(18)19)13(17)14-7-8-5-9(16)6-8/h2-4,8-9,16H,5-7H2,1H3,(H,14,17). The van der Waals surface area contributed by atoms with Crippen LogP contribution in [0.1, 0.15) is 23.2 Å². The van der Waals surface area contributed by atoms with Gasteiger partial charge in [0.1, 0.15) is 0 Å². The zero-order chi connectivity index (χ0) is 14.7. The second kappa shape index (κ2) is 5.87. The highest BCUT2D eigenvalue weighted by atomic mass is 16.6. The quantitative estimate of drug-likeness (QED) is 0.621. The van der Waals surface area contributed by atoms with Crippen molar-refractivity contribution >= 4 is 11.6 Å². The van der Waals surface area contributed by atoms with Gasteiger partial charge < -0.3 is 15.2 Å². The first kappa shape index (κ1) is 14.3. The van der Waals surface area contributed by atoms with Crippen LogP contribution in [0.15, 0.2) is 18.2 Å². The Labute approximate surface area is 115 Å². The minimum atomic E-state index is -0.585. The third kappa shape index (κ3) is 2.88. The second-order valence-corrected chi connectivity index (χ2v) is 4.82. The summed E-state index contributed by atoms with van der Waals surface area (Å²) < 4.78 is 4.98. The number of para-hydroxylation sites is 1. The van der Waals surface area contributed by atoms with Crippen molar-refractivity contribution < 1.29 is 19.6 Å². The summed E-state index contributed by atoms with van der Waals surface area (Å²) in [4.78, 5) is 22.3. The van der Waals surface area contributed by atoms with Crippen molar-refractivity contribution in [2.75, 3.05) is 13.7 Å². The van der Waals surface area contributed by atoms with Crippen LogP contribution < -0.4 is 10.1 Å². The smallest absolute Gasteiger partial charge is 0.311 e. The van der Waals surface area contributed by atoms with Crippen LogP contribution in [0.5, 0.6) is 5.75 Å². The fraction of sp³-hybridized carbons (Fsp3) is 0.462. The number of nitro benzene ring substituents is 1. The number of hydrogen-bond donors (Lipinski definition) is 2. The van der Waals surface area contributed by atoms with E-state index in [1.807, 2.05) is 0 Å². The number of hydrogen-bond acceptors (Lipinski definition) is 5. The number of nitro groups is 1. The fourth-order valence-electron chi connectivity index (χ4n) is 2.26. The van der Waals surface area contributed by atoms with E-state index in [4.69, 9.17) is 4.74 Å². The minimum absolute atomic E-state index is 0.0383. The Morgan fingerprint density at radius 2 is 2.25 bits per heavy atom. The van der Waals surface area contributed by atoms with Gasteiger partial charge in [-0.2, -0.15) is 0 Å². The van der Waals surface area contributed by atoms with E-state index in [0.29, 0.717) is 19.4 Å². The molecule has 1 aromatic carbocycles. The molecule has 0 spiro atoms. The lowest BCUT2D eigenvalue weighted by Gasteiger charge is -2.31. The Balaban J connectivity index is 2.09. The SMILES string of the molecule is COc1c(C(=O)NCC2CC(O)C2)cccc1[N+](=O)[O-]. The van der Waals surface area contributed by atoms with E-state index in [-0.39, 0.29) is 29.0 Å². The van der Waals surface area contributed by atoms with E-state index < -0.39 is 10.8 Å². The van der Waals surface area contributed by atoms with Crippen LogP contribution in [-0.2, 0) is 0 Å². The lowest BCUT2D eigenvalue weighted by molar-refractivity contribution is -0.385. The average molecular weight is 280 g/mol. The van der Waals surface area contributed by atoms with Gasteiger partial charge in [0.2, 0.25) is 5.75 Å². The Kier molecular flexibility index (Phi) is 4.19. The van der Waals surface area contributed by atoms with Gasteiger partial charge in [-0.1, -0.05) is 6.07 Å². The van der Waals surface area contributed by atoms with E-state index >= 15 is 0 Å². The lowest BCUT2D eigenvalue weighted by Crippen LogP contribution is -2.38. The van der Waals surface area contributed by atoms with Crippen LogP contribution in [0, 0.1) is 16.0 Å². The number of benzene rings is 1. The molecule has 0 bridgehead atoms. The molecule has 2 rings (SSSR count). The highest BCUT2D eigenvalue weighted by Gasteiger charge is 2.28. The Morgan fingerprint density at radius 1 is 1.55 bits per heavy atom. The van der Waals surface area contributed by atoms with Crippen LogP contribution in [0.2, 0.25) is 0 Å². The summed E-state index contributed by atoms with van der Waals surface area (Å²) in [6, 6.07) is 4.22. The average Bonchev–Trinajstić information content (AvgIpc) is 2.40. The van der Waals surface area contributed by atoms with Crippen LogP contribution in [0.25, 0.3) is 0 Å². The molecule has 1 fully saturated rings. The zero-order valence-corrected chi connectivity index (χ0v) is 11.0. The van der Waals surface area contributed by atoms with E-state index in [1.165, 1.54) is 25.3 Å². The molecule has 2 N–H and O–H groups in total. The number of rotatable bonds is 5. The third-order valence-corrected chi connectivity index (χ3v) is 3.40. The van der Waals surface area contributed by atoms with Gasteiger partial charge in [0.05, 0.1) is 23.7 Å². The van der Waals surface area contributed by atoms with E-state index in [0.717, 1.165) is 0 Å². The van der Waals surface area contributed by atoms with E-state index in [1.54, 1.807) is 0 Å². The number of carbonyl (C=O) groups is 1. The van der Waals surface area contributed by atoms with Crippen molar-refractivity contribution in [3.8, 4) is 5.75 Å². The molecule has 0 atom stereocenters. The van der Waals surface area contributed by atoms with Crippen molar-refractivity contribution in [2.45, 2.75) is 18.9 Å². The molecule has 0 aromatic heterocycles. The molecule has 0 saturated heterocycles. The first-order chi connectivity index (χ1) is 9.52. The molecule has 7 heteroatoms. The van der Waals surface area contributed by atoms with Gasteiger partial charge in [0.15, 0.2) is 0 Å². The number of amides is 1. The van der Waals surface area contributed by atoms with E-state index in [2.05, 4.69) is 5.32 Å². The molecule has 1 aliphatic carbocycles. The molecular formula is C13H16N2O5. The molecule has 0 radical (unpaired) electrons. The van der Waals surface area contributed by atoms with Crippen molar-refractivity contribution in [3.05, 3.63) is 33.9 Å². The molecule has 0 unspecified atom stereocenters. The van der Waals surface area contributed by atoms with Crippen LogP contribution in [0.3, 0.4) is 0 Å². The number of aliphatic hydroxyl groups excluding tert-OH is 1. The largest absolute Gasteiger partial charge is 0.490 e. The minimum Gasteiger partial charge on any atom is -0.490 e. The molecule has 1 saturated carbocycles. The predicted octanol–water partition coefficient (Wildman–Crippen LogP) is 1.10. The third-order valence-electron chi connectivity index (χ3n) is 3.40. The van der Waals surface area contributed by atoms with Crippen LogP contribution >= 0.6 is 0 Å². The first-order valence-electron chi connectivity index (χ1n) is 6.30. The van der Waals surface area contributed by atoms with Gasteiger partial charge in [-0.15, -0.1) is 0 Å². The van der Waals surface area contributed by atoms with Gasteiger partial charge in [0, 0.05) is 12.6 Å². The summed E-state index contributed by atoms with van der Waals surface area (Å²) in [5, 5.41) is 22.8. The summed E-state index contributed by atoms with van der Waals surface area (Å²) >= 11 is 0. The van der Waals surface area contributed by atoms with Gasteiger partial charge in [0.25, 0.3) is 5.91 Å². The number of methoxy groups -OCH3 is 1. The predicted molar refractivity (Wildman–Crippen MR) is 70.7 cm³/mol. The lowest BCUT2D eigenvalue weighted by atomic mass is 9.82. The molecule has 7 nitrogen and oxygen atoms in total. The van der Waals surface area contributed by atoms with Crippen molar-refractivity contribution in [1.82, 2.24) is 5.32 Å². The summed E-state index contributed by atoms with van der Waals surface area (Å²) in [5.41, 5.74) is -0.0965. The number of nitrogens with zero attached hydrogens (tertiary/aromatic N) is 1. The first-order valence-corrected chi connectivity index (χ1v) is 6.30. The number of carbonyl (C=O) groups excluding carboxylic acids is 1. The highest BCUT2D eigenvalue weighted by Crippen LogP contribution is 2.31. The summed E-state index contributed by atoms with van der Waals surface area (Å²) in [7, 11) is 1.29. The maximum atomic E-state index is 12.0. The van der Waals surface area contributed by atoms with Gasteiger partial charge in [-0.3, -0.25) is 14.9 Å². The second-order valence-electron chi connectivity index (χ2n) is 4.82. The van der Waals surface area contributed by atoms with Crippen LogP contribution in [-0.4, -0.2) is 35.7 Å². The molecule has 1 aromatic rings. The molecular weight excluding hydrogens is 264 g/mol. The topological polar surface area (TPSA) is 102 Å². The normalized spacial score (nSPS) is 20.9. The number of nitrogens with one attached hydrogen (secondary N) is 1. The molecule has 1 aliphatic rings. The highest BCUT2D eigenvalue weighted by molar-refractivity contribution is 5.98. The maximum absolute atomic E-state index is 12.0. The molecule has 108 valence electrons. The monoisotopic (exact) mass is 280 g/mol. The Bertz CT molecular complexity index is 525. The maximum Gasteiger partial charge on any atom is 0.311 e. The van der Waals surface area contributed by atoms with Gasteiger partial charge in [-0.25, -0.2) is 0 Å². The van der Waals surface area contributed by atoms with E-state index in [9.17, 15) is 20.0 Å². The van der Waals surface area contributed by atoms with Gasteiger partial charge >= 0.3 is 5.69 Å². The van der Waals surface area contributed by atoms with Gasteiger partial charge in [-0.05, 0) is 24.8 Å². The van der Waals surface area contributed by atoms with Crippen molar-refractivity contribution in [1.29, 1.82) is 0 Å². The molecule has 0 aliphatic heterocycles. The number of ether oxygens (including phenoxy) is 1.